The summed E-state index contributed by atoms with van der Waals surface area (Å²) in [5.41, 5.74) is 1.87. The minimum absolute atomic E-state index is 0.102. The summed E-state index contributed by atoms with van der Waals surface area (Å²) in [5, 5.41) is 5.87. The number of carbonyl (C=O) groups is 1. The number of amides is 1. The fourth-order valence-electron chi connectivity index (χ4n) is 1.88. The lowest BCUT2D eigenvalue weighted by Crippen LogP contribution is -2.34. The number of ether oxygens (including phenoxy) is 2. The van der Waals surface area contributed by atoms with Gasteiger partial charge in [0.15, 0.2) is 6.10 Å². The highest BCUT2D eigenvalue weighted by Gasteiger charge is 2.23. The highest BCUT2D eigenvalue weighted by molar-refractivity contribution is 5.97. The molecule has 2 rings (SSSR count). The Morgan fingerprint density at radius 1 is 1.42 bits per heavy atom. The molecule has 1 aromatic rings. The molecule has 2 N–H and O–H groups in total. The number of rotatable bonds is 6. The van der Waals surface area contributed by atoms with E-state index in [1.54, 1.807) is 6.92 Å². The molecule has 5 heteroatoms. The Morgan fingerprint density at radius 3 is 3.05 bits per heavy atom. The first-order chi connectivity index (χ1) is 9.20. The maximum atomic E-state index is 11.5. The molecule has 0 saturated heterocycles. The smallest absolute Gasteiger partial charge is 0.265 e. The molecule has 0 aromatic heterocycles. The van der Waals surface area contributed by atoms with Gasteiger partial charge >= 0.3 is 0 Å². The normalized spacial score (nSPS) is 17.6. The zero-order chi connectivity index (χ0) is 13.7. The van der Waals surface area contributed by atoms with Gasteiger partial charge in [-0.05, 0) is 38.1 Å². The van der Waals surface area contributed by atoms with Gasteiger partial charge in [-0.3, -0.25) is 4.79 Å². The van der Waals surface area contributed by atoms with Crippen LogP contribution in [0.5, 0.6) is 5.75 Å². The number of fused-ring (bicyclic) bond motifs is 1. The summed E-state index contributed by atoms with van der Waals surface area (Å²) in [6.45, 7) is 3.97. The van der Waals surface area contributed by atoms with Crippen LogP contribution in [-0.2, 0) is 16.0 Å². The van der Waals surface area contributed by atoms with E-state index >= 15 is 0 Å². The molecular formula is C14H20N2O3. The lowest BCUT2D eigenvalue weighted by molar-refractivity contribution is -0.122. The SMILES string of the molecule is CNCCOCCc1ccc2c(c1)NC(=O)C(C)O2. The van der Waals surface area contributed by atoms with Crippen LogP contribution in [0.1, 0.15) is 12.5 Å². The van der Waals surface area contributed by atoms with E-state index in [9.17, 15) is 4.79 Å². The Kier molecular flexibility index (Phi) is 4.76. The average Bonchev–Trinajstić information content (AvgIpc) is 2.40. The van der Waals surface area contributed by atoms with Crippen molar-refractivity contribution in [1.29, 1.82) is 0 Å². The minimum atomic E-state index is -0.428. The van der Waals surface area contributed by atoms with E-state index < -0.39 is 6.10 Å². The Bertz CT molecular complexity index is 448. The molecule has 1 aliphatic rings. The second-order valence-electron chi connectivity index (χ2n) is 4.55. The molecule has 1 amide bonds. The average molecular weight is 264 g/mol. The monoisotopic (exact) mass is 264 g/mol. The summed E-state index contributed by atoms with van der Waals surface area (Å²) in [7, 11) is 1.90. The Labute approximate surface area is 113 Å². The van der Waals surface area contributed by atoms with Crippen molar-refractivity contribution < 1.29 is 14.3 Å². The van der Waals surface area contributed by atoms with Gasteiger partial charge in [-0.25, -0.2) is 0 Å². The number of nitrogens with one attached hydrogen (secondary N) is 2. The van der Waals surface area contributed by atoms with Gasteiger partial charge in [-0.2, -0.15) is 0 Å². The Morgan fingerprint density at radius 2 is 2.26 bits per heavy atom. The van der Waals surface area contributed by atoms with Crippen LogP contribution in [0.4, 0.5) is 5.69 Å². The van der Waals surface area contributed by atoms with Crippen LogP contribution in [0.15, 0.2) is 18.2 Å². The van der Waals surface area contributed by atoms with Crippen molar-refractivity contribution in [3.8, 4) is 5.75 Å². The molecule has 0 aliphatic carbocycles. The third-order valence-electron chi connectivity index (χ3n) is 3.01. The van der Waals surface area contributed by atoms with E-state index in [1.807, 2.05) is 25.2 Å². The van der Waals surface area contributed by atoms with E-state index in [2.05, 4.69) is 10.6 Å². The summed E-state index contributed by atoms with van der Waals surface area (Å²) in [6, 6.07) is 5.85. The predicted octanol–water partition coefficient (Wildman–Crippen LogP) is 1.18. The molecule has 1 atom stereocenters. The molecule has 5 nitrogen and oxygen atoms in total. The number of hydrogen-bond donors (Lipinski definition) is 2. The molecular weight excluding hydrogens is 244 g/mol. The first kappa shape index (κ1) is 13.8. The second kappa shape index (κ2) is 6.54. The van der Waals surface area contributed by atoms with Crippen molar-refractivity contribution in [2.75, 3.05) is 32.1 Å². The highest BCUT2D eigenvalue weighted by Crippen LogP contribution is 2.30. The summed E-state index contributed by atoms with van der Waals surface area (Å²) in [6.07, 6.45) is 0.394. The lowest BCUT2D eigenvalue weighted by Gasteiger charge is -2.23. The van der Waals surface area contributed by atoms with Gasteiger partial charge in [0.25, 0.3) is 5.91 Å². The van der Waals surface area contributed by atoms with Gasteiger partial charge in [-0.15, -0.1) is 0 Å². The molecule has 0 radical (unpaired) electrons. The van der Waals surface area contributed by atoms with Crippen molar-refractivity contribution in [3.05, 3.63) is 23.8 Å². The van der Waals surface area contributed by atoms with Crippen LogP contribution in [0, 0.1) is 0 Å². The van der Waals surface area contributed by atoms with Crippen molar-refractivity contribution in [1.82, 2.24) is 5.32 Å². The van der Waals surface area contributed by atoms with E-state index in [0.29, 0.717) is 13.2 Å². The molecule has 0 spiro atoms. The minimum Gasteiger partial charge on any atom is -0.479 e. The highest BCUT2D eigenvalue weighted by atomic mass is 16.5. The molecule has 1 unspecified atom stereocenters. The summed E-state index contributed by atoms with van der Waals surface area (Å²) in [4.78, 5) is 11.5. The molecule has 1 heterocycles. The van der Waals surface area contributed by atoms with E-state index in [1.165, 1.54) is 0 Å². The van der Waals surface area contributed by atoms with E-state index in [4.69, 9.17) is 9.47 Å². The largest absolute Gasteiger partial charge is 0.479 e. The molecule has 0 fully saturated rings. The molecule has 0 saturated carbocycles. The number of likely N-dealkylation sites (N-methyl/N-ethyl adjacent to an activating group) is 1. The third-order valence-corrected chi connectivity index (χ3v) is 3.01. The zero-order valence-corrected chi connectivity index (χ0v) is 11.4. The topological polar surface area (TPSA) is 59.6 Å². The second-order valence-corrected chi connectivity index (χ2v) is 4.55. The standard InChI is InChI=1S/C14H20N2O3/c1-10-14(17)16-12-9-11(3-4-13(12)19-10)5-7-18-8-6-15-2/h3-4,9-10,15H,5-8H2,1-2H3,(H,16,17). The molecule has 0 bridgehead atoms. The van der Waals surface area contributed by atoms with Crippen molar-refractivity contribution in [3.63, 3.8) is 0 Å². The summed E-state index contributed by atoms with van der Waals surface area (Å²) in [5.74, 6) is 0.627. The lowest BCUT2D eigenvalue weighted by atomic mass is 10.1. The molecule has 1 aromatic carbocycles. The third kappa shape index (κ3) is 3.68. The van der Waals surface area contributed by atoms with E-state index in [-0.39, 0.29) is 5.91 Å². The van der Waals surface area contributed by atoms with Gasteiger partial charge in [-0.1, -0.05) is 6.07 Å². The predicted molar refractivity (Wildman–Crippen MR) is 73.6 cm³/mol. The van der Waals surface area contributed by atoms with Crippen LogP contribution in [0.2, 0.25) is 0 Å². The fourth-order valence-corrected chi connectivity index (χ4v) is 1.88. The van der Waals surface area contributed by atoms with Crippen LogP contribution in [0.3, 0.4) is 0 Å². The van der Waals surface area contributed by atoms with Gasteiger partial charge in [0, 0.05) is 6.54 Å². The van der Waals surface area contributed by atoms with Gasteiger partial charge in [0.2, 0.25) is 0 Å². The number of carbonyl (C=O) groups excluding carboxylic acids is 1. The summed E-state index contributed by atoms with van der Waals surface area (Å²) < 4.78 is 11.0. The quantitative estimate of drug-likeness (QED) is 0.758. The Hall–Kier alpha value is -1.59. The van der Waals surface area contributed by atoms with Crippen LogP contribution in [-0.4, -0.2) is 38.8 Å². The van der Waals surface area contributed by atoms with Crippen molar-refractivity contribution in [2.24, 2.45) is 0 Å². The van der Waals surface area contributed by atoms with Gasteiger partial charge in [0.1, 0.15) is 5.75 Å². The molecule has 1 aliphatic heterocycles. The van der Waals surface area contributed by atoms with E-state index in [0.717, 1.165) is 30.0 Å². The molecule has 104 valence electrons. The van der Waals surface area contributed by atoms with Crippen molar-refractivity contribution >= 4 is 11.6 Å². The number of anilines is 1. The van der Waals surface area contributed by atoms with Crippen molar-refractivity contribution in [2.45, 2.75) is 19.4 Å². The maximum absolute atomic E-state index is 11.5. The van der Waals surface area contributed by atoms with Crippen LogP contribution >= 0.6 is 0 Å². The Balaban J connectivity index is 1.90. The maximum Gasteiger partial charge on any atom is 0.265 e. The van der Waals surface area contributed by atoms with Crippen LogP contribution < -0.4 is 15.4 Å². The van der Waals surface area contributed by atoms with Crippen LogP contribution in [0.25, 0.3) is 0 Å². The zero-order valence-electron chi connectivity index (χ0n) is 11.4. The first-order valence-electron chi connectivity index (χ1n) is 6.53. The fraction of sp³-hybridized carbons (Fsp3) is 0.500. The van der Waals surface area contributed by atoms with Gasteiger partial charge in [0.05, 0.1) is 18.9 Å². The van der Waals surface area contributed by atoms with Gasteiger partial charge < -0.3 is 20.1 Å². The number of benzene rings is 1. The first-order valence-corrected chi connectivity index (χ1v) is 6.53. The molecule has 19 heavy (non-hydrogen) atoms. The number of hydrogen-bond acceptors (Lipinski definition) is 4. The summed E-state index contributed by atoms with van der Waals surface area (Å²) >= 11 is 0.